The topological polar surface area (TPSA) is 104 Å². The highest BCUT2D eigenvalue weighted by Gasteiger charge is 2.33. The molecule has 2 aromatic carbocycles. The second kappa shape index (κ2) is 8.72. The van der Waals surface area contributed by atoms with E-state index < -0.39 is 23.3 Å². The molecule has 5 aromatic rings. The number of thiophene rings is 1. The van der Waals surface area contributed by atoms with E-state index in [4.69, 9.17) is 0 Å². The Morgan fingerprint density at radius 2 is 1.56 bits per heavy atom. The summed E-state index contributed by atoms with van der Waals surface area (Å²) in [5.74, 6) is -0.321. The SMILES string of the molecule is Cc1c(-n2nccn2)sc2c1c(=O)n([C@@H]1CCNC1=O)c(=O)n2C(c1ccccc1)c1ccccc1. The Bertz CT molecular complexity index is 1650. The van der Waals surface area contributed by atoms with Gasteiger partial charge >= 0.3 is 5.69 Å². The van der Waals surface area contributed by atoms with Gasteiger partial charge in [-0.25, -0.2) is 9.36 Å². The van der Waals surface area contributed by atoms with Crippen LogP contribution in [0.5, 0.6) is 0 Å². The average Bonchev–Trinajstić information content (AvgIpc) is 3.64. The molecule has 9 nitrogen and oxygen atoms in total. The highest BCUT2D eigenvalue weighted by Crippen LogP contribution is 2.35. The summed E-state index contributed by atoms with van der Waals surface area (Å²) in [6, 6.07) is 18.0. The fourth-order valence-electron chi connectivity index (χ4n) is 4.92. The van der Waals surface area contributed by atoms with Gasteiger partial charge in [0.2, 0.25) is 5.91 Å². The van der Waals surface area contributed by atoms with Crippen molar-refractivity contribution in [2.24, 2.45) is 0 Å². The molecule has 6 rings (SSSR count). The monoisotopic (exact) mass is 498 g/mol. The second-order valence-electron chi connectivity index (χ2n) is 8.68. The van der Waals surface area contributed by atoms with Crippen LogP contribution in [-0.4, -0.2) is 36.6 Å². The molecule has 1 N–H and O–H groups in total. The van der Waals surface area contributed by atoms with Crippen LogP contribution in [0.1, 0.15) is 35.2 Å². The van der Waals surface area contributed by atoms with Crippen molar-refractivity contribution in [2.45, 2.75) is 25.4 Å². The Balaban J connectivity index is 1.76. The lowest BCUT2D eigenvalue weighted by Gasteiger charge is -2.24. The van der Waals surface area contributed by atoms with E-state index in [1.54, 1.807) is 17.0 Å². The van der Waals surface area contributed by atoms with Crippen molar-refractivity contribution in [3.63, 3.8) is 0 Å². The molecule has 0 radical (unpaired) electrons. The zero-order chi connectivity index (χ0) is 24.8. The highest BCUT2D eigenvalue weighted by atomic mass is 32.1. The molecule has 4 heterocycles. The molecular weight excluding hydrogens is 476 g/mol. The molecule has 0 saturated carbocycles. The van der Waals surface area contributed by atoms with Crippen molar-refractivity contribution >= 4 is 27.5 Å². The zero-order valence-electron chi connectivity index (χ0n) is 19.4. The van der Waals surface area contributed by atoms with Crippen molar-refractivity contribution in [3.8, 4) is 5.00 Å². The number of fused-ring (bicyclic) bond motifs is 1. The summed E-state index contributed by atoms with van der Waals surface area (Å²) in [7, 11) is 0. The number of nitrogens with zero attached hydrogens (tertiary/aromatic N) is 5. The maximum Gasteiger partial charge on any atom is 0.333 e. The summed E-state index contributed by atoms with van der Waals surface area (Å²) in [5.41, 5.74) is 1.45. The standard InChI is InChI=1S/C26H22N6O3S/c1-16-20-23(34)30(19-12-13-27-22(19)33)26(35)31(25(20)36-24(16)32-28-14-15-29-32)21(17-8-4-2-5-9-17)18-10-6-3-7-11-18/h2-11,14-15,19,21H,12-13H2,1H3,(H,27,33)/t19-/m1/s1. The number of carbonyl (C=O) groups is 1. The van der Waals surface area contributed by atoms with E-state index in [0.717, 1.165) is 15.7 Å². The first-order valence-electron chi connectivity index (χ1n) is 11.6. The van der Waals surface area contributed by atoms with Crippen molar-refractivity contribution in [3.05, 3.63) is 111 Å². The first kappa shape index (κ1) is 22.2. The van der Waals surface area contributed by atoms with Crippen LogP contribution in [0.25, 0.3) is 15.2 Å². The number of amides is 1. The summed E-state index contributed by atoms with van der Waals surface area (Å²) >= 11 is 1.29. The van der Waals surface area contributed by atoms with Crippen LogP contribution in [0.3, 0.4) is 0 Å². The van der Waals surface area contributed by atoms with E-state index in [2.05, 4.69) is 15.5 Å². The fourth-order valence-corrected chi connectivity index (χ4v) is 6.16. The number of aromatic nitrogens is 5. The third kappa shape index (κ3) is 3.41. The molecule has 1 atom stereocenters. The van der Waals surface area contributed by atoms with E-state index in [1.165, 1.54) is 16.1 Å². The first-order chi connectivity index (χ1) is 17.6. The van der Waals surface area contributed by atoms with E-state index in [0.29, 0.717) is 33.7 Å². The Morgan fingerprint density at radius 1 is 0.944 bits per heavy atom. The van der Waals surface area contributed by atoms with E-state index in [-0.39, 0.29) is 5.91 Å². The Kier molecular flexibility index (Phi) is 5.37. The van der Waals surface area contributed by atoms with E-state index >= 15 is 0 Å². The molecule has 36 heavy (non-hydrogen) atoms. The molecule has 1 aliphatic rings. The third-order valence-electron chi connectivity index (χ3n) is 6.59. The van der Waals surface area contributed by atoms with Gasteiger partial charge < -0.3 is 5.32 Å². The van der Waals surface area contributed by atoms with Gasteiger partial charge in [-0.15, -0.1) is 4.80 Å². The van der Waals surface area contributed by atoms with Crippen LogP contribution < -0.4 is 16.6 Å². The molecule has 1 aliphatic heterocycles. The number of hydrogen-bond donors (Lipinski definition) is 1. The first-order valence-corrected chi connectivity index (χ1v) is 12.4. The Morgan fingerprint density at radius 3 is 2.11 bits per heavy atom. The Labute approximate surface area is 209 Å². The zero-order valence-corrected chi connectivity index (χ0v) is 20.2. The Hall–Kier alpha value is -4.31. The molecule has 1 amide bonds. The predicted octanol–water partition coefficient (Wildman–Crippen LogP) is 2.81. The lowest BCUT2D eigenvalue weighted by atomic mass is 9.98. The number of nitrogens with one attached hydrogen (secondary N) is 1. The maximum atomic E-state index is 14.2. The van der Waals surface area contributed by atoms with Crippen LogP contribution in [0.4, 0.5) is 0 Å². The van der Waals surface area contributed by atoms with Crippen LogP contribution in [0, 0.1) is 6.92 Å². The quantitative estimate of drug-likeness (QED) is 0.401. The smallest absolute Gasteiger partial charge is 0.333 e. The van der Waals surface area contributed by atoms with Gasteiger partial charge in [-0.2, -0.15) is 10.2 Å². The van der Waals surface area contributed by atoms with Gasteiger partial charge in [0.1, 0.15) is 15.9 Å². The molecular formula is C26H22N6O3S. The molecule has 0 bridgehead atoms. The van der Waals surface area contributed by atoms with Crippen LogP contribution in [-0.2, 0) is 4.79 Å². The minimum atomic E-state index is -0.863. The number of rotatable bonds is 5. The van der Waals surface area contributed by atoms with Crippen LogP contribution in [0.2, 0.25) is 0 Å². The second-order valence-corrected chi connectivity index (χ2v) is 9.66. The predicted molar refractivity (Wildman–Crippen MR) is 137 cm³/mol. The van der Waals surface area contributed by atoms with Crippen molar-refractivity contribution in [1.82, 2.24) is 29.4 Å². The number of carbonyl (C=O) groups excluding carboxylic acids is 1. The molecule has 180 valence electrons. The lowest BCUT2D eigenvalue weighted by Crippen LogP contribution is -2.45. The van der Waals surface area contributed by atoms with Gasteiger partial charge in [-0.3, -0.25) is 14.2 Å². The van der Waals surface area contributed by atoms with Crippen molar-refractivity contribution < 1.29 is 4.79 Å². The summed E-state index contributed by atoms with van der Waals surface area (Å²) in [6.45, 7) is 2.24. The van der Waals surface area contributed by atoms with Gasteiger partial charge in [0.15, 0.2) is 0 Å². The molecule has 0 unspecified atom stereocenters. The minimum absolute atomic E-state index is 0.321. The van der Waals surface area contributed by atoms with Gasteiger partial charge in [-0.1, -0.05) is 72.0 Å². The highest BCUT2D eigenvalue weighted by molar-refractivity contribution is 7.21. The van der Waals surface area contributed by atoms with Crippen molar-refractivity contribution in [1.29, 1.82) is 0 Å². The number of hydrogen-bond acceptors (Lipinski definition) is 6. The number of benzene rings is 2. The summed E-state index contributed by atoms with van der Waals surface area (Å²) in [5, 5.41) is 12.3. The summed E-state index contributed by atoms with van der Waals surface area (Å²) in [4.78, 5) is 42.8. The lowest BCUT2D eigenvalue weighted by molar-refractivity contribution is -0.122. The molecule has 10 heteroatoms. The maximum absolute atomic E-state index is 14.2. The molecule has 3 aromatic heterocycles. The largest absolute Gasteiger partial charge is 0.354 e. The molecule has 0 spiro atoms. The average molecular weight is 499 g/mol. The summed E-state index contributed by atoms with van der Waals surface area (Å²) < 4.78 is 2.78. The minimum Gasteiger partial charge on any atom is -0.354 e. The van der Waals surface area contributed by atoms with Crippen molar-refractivity contribution in [2.75, 3.05) is 6.54 Å². The molecule has 1 fully saturated rings. The fraction of sp³-hybridized carbons (Fsp3) is 0.192. The van der Waals surface area contributed by atoms with Gasteiger partial charge in [0.25, 0.3) is 5.56 Å². The summed E-state index contributed by atoms with van der Waals surface area (Å²) in [6.07, 6.45) is 3.50. The number of aryl methyl sites for hydroxylation is 1. The normalized spacial score (nSPS) is 15.6. The van der Waals surface area contributed by atoms with Crippen LogP contribution in [0.15, 0.2) is 82.6 Å². The third-order valence-corrected chi connectivity index (χ3v) is 7.84. The van der Waals surface area contributed by atoms with Gasteiger partial charge in [-0.05, 0) is 24.5 Å². The van der Waals surface area contributed by atoms with E-state index in [1.807, 2.05) is 67.6 Å². The molecule has 1 saturated heterocycles. The molecule has 0 aliphatic carbocycles. The van der Waals surface area contributed by atoms with Crippen LogP contribution >= 0.6 is 11.3 Å². The van der Waals surface area contributed by atoms with Gasteiger partial charge in [0, 0.05) is 12.1 Å². The van der Waals surface area contributed by atoms with Gasteiger partial charge in [0.05, 0.1) is 23.8 Å². The van der Waals surface area contributed by atoms with E-state index in [9.17, 15) is 14.4 Å².